The molecule has 1 atom stereocenters. The summed E-state index contributed by atoms with van der Waals surface area (Å²) in [5, 5.41) is 19.3. The fourth-order valence-corrected chi connectivity index (χ4v) is 3.63. The zero-order chi connectivity index (χ0) is 14.8. The number of nitro groups is 1. The predicted octanol–water partition coefficient (Wildman–Crippen LogP) is 3.58. The molecule has 3 rings (SSSR count). The molecule has 0 bridgehead atoms. The highest BCUT2D eigenvalue weighted by Crippen LogP contribution is 2.35. The van der Waals surface area contributed by atoms with Crippen molar-refractivity contribution >= 4 is 28.7 Å². The number of pyridine rings is 1. The average Bonchev–Trinajstić information content (AvgIpc) is 2.96. The summed E-state index contributed by atoms with van der Waals surface area (Å²) < 4.78 is 0. The lowest BCUT2D eigenvalue weighted by Gasteiger charge is -2.24. The van der Waals surface area contributed by atoms with Crippen LogP contribution in [0.4, 0.5) is 17.3 Å². The van der Waals surface area contributed by atoms with Gasteiger partial charge in [0.15, 0.2) is 0 Å². The number of hydrogen-bond donors (Lipinski definition) is 2. The van der Waals surface area contributed by atoms with Gasteiger partial charge in [-0.2, -0.15) is 0 Å². The molecule has 0 saturated carbocycles. The van der Waals surface area contributed by atoms with Gasteiger partial charge in [-0.25, -0.2) is 4.98 Å². The molecule has 2 heterocycles. The van der Waals surface area contributed by atoms with E-state index < -0.39 is 4.92 Å². The maximum absolute atomic E-state index is 11.0. The molecule has 6 nitrogen and oxygen atoms in total. The van der Waals surface area contributed by atoms with Crippen LogP contribution in [0.2, 0.25) is 0 Å². The van der Waals surface area contributed by atoms with Gasteiger partial charge in [-0.05, 0) is 36.3 Å². The number of nitrogens with zero attached hydrogens (tertiary/aromatic N) is 2. The Hall–Kier alpha value is -2.15. The number of anilines is 2. The highest BCUT2D eigenvalue weighted by molar-refractivity contribution is 7.10. The van der Waals surface area contributed by atoms with Crippen molar-refractivity contribution in [3.63, 3.8) is 0 Å². The van der Waals surface area contributed by atoms with Crippen LogP contribution < -0.4 is 10.6 Å². The molecule has 1 aliphatic carbocycles. The molecule has 2 aromatic heterocycles. The maximum atomic E-state index is 11.0. The Kier molecular flexibility index (Phi) is 3.74. The van der Waals surface area contributed by atoms with Gasteiger partial charge in [-0.1, -0.05) is 0 Å². The monoisotopic (exact) mass is 304 g/mol. The molecule has 7 heteroatoms. The first-order valence-corrected chi connectivity index (χ1v) is 7.72. The van der Waals surface area contributed by atoms with Crippen molar-refractivity contribution in [2.24, 2.45) is 0 Å². The standard InChI is InChI=1S/C14H16N4O2S/c1-15-13-7-9(18(19)20)8-14(17-13)16-11-3-2-4-12-10(11)5-6-21-12/h5-8,11H,2-4H2,1H3,(H2,15,16,17). The van der Waals surface area contributed by atoms with Crippen LogP contribution in [0.15, 0.2) is 23.6 Å². The predicted molar refractivity (Wildman–Crippen MR) is 84.1 cm³/mol. The Morgan fingerprint density at radius 2 is 2.24 bits per heavy atom. The van der Waals surface area contributed by atoms with Crippen molar-refractivity contribution < 1.29 is 4.92 Å². The Balaban J connectivity index is 1.89. The molecule has 0 spiro atoms. The summed E-state index contributed by atoms with van der Waals surface area (Å²) in [5.41, 5.74) is 1.34. The third-order valence-electron chi connectivity index (χ3n) is 3.65. The number of fused-ring (bicyclic) bond motifs is 1. The largest absolute Gasteiger partial charge is 0.373 e. The molecule has 0 aliphatic heterocycles. The molecular weight excluding hydrogens is 288 g/mol. The molecule has 1 aliphatic rings. The third kappa shape index (κ3) is 2.82. The van der Waals surface area contributed by atoms with Gasteiger partial charge >= 0.3 is 0 Å². The van der Waals surface area contributed by atoms with Crippen LogP contribution in [0.1, 0.15) is 29.3 Å². The minimum Gasteiger partial charge on any atom is -0.373 e. The van der Waals surface area contributed by atoms with Crippen LogP contribution in [0.25, 0.3) is 0 Å². The van der Waals surface area contributed by atoms with E-state index in [1.54, 1.807) is 18.4 Å². The molecule has 2 N–H and O–H groups in total. The van der Waals surface area contributed by atoms with E-state index >= 15 is 0 Å². The highest BCUT2D eigenvalue weighted by atomic mass is 32.1. The summed E-state index contributed by atoms with van der Waals surface area (Å²) in [6.45, 7) is 0. The van der Waals surface area contributed by atoms with Crippen LogP contribution in [-0.2, 0) is 6.42 Å². The summed E-state index contributed by atoms with van der Waals surface area (Å²) in [6.07, 6.45) is 3.26. The van der Waals surface area contributed by atoms with Gasteiger partial charge in [0.1, 0.15) is 11.6 Å². The van der Waals surface area contributed by atoms with Gasteiger partial charge in [0.2, 0.25) is 0 Å². The van der Waals surface area contributed by atoms with E-state index in [2.05, 4.69) is 27.1 Å². The van der Waals surface area contributed by atoms with E-state index in [4.69, 9.17) is 0 Å². The van der Waals surface area contributed by atoms with Crippen molar-refractivity contribution in [1.82, 2.24) is 4.98 Å². The molecule has 1 unspecified atom stereocenters. The van der Waals surface area contributed by atoms with Gasteiger partial charge < -0.3 is 10.6 Å². The first-order valence-electron chi connectivity index (χ1n) is 6.84. The number of aromatic nitrogens is 1. The summed E-state index contributed by atoms with van der Waals surface area (Å²) in [4.78, 5) is 16.4. The maximum Gasteiger partial charge on any atom is 0.276 e. The highest BCUT2D eigenvalue weighted by Gasteiger charge is 2.22. The molecule has 0 fully saturated rings. The first kappa shape index (κ1) is 13.8. The Bertz CT molecular complexity index is 671. The lowest BCUT2D eigenvalue weighted by atomic mass is 9.94. The Morgan fingerprint density at radius 1 is 1.43 bits per heavy atom. The number of nitrogens with one attached hydrogen (secondary N) is 2. The molecule has 110 valence electrons. The zero-order valence-electron chi connectivity index (χ0n) is 11.6. The number of hydrogen-bond acceptors (Lipinski definition) is 6. The SMILES string of the molecule is CNc1cc([N+](=O)[O-])cc(NC2CCCc3sccc32)n1. The normalized spacial score (nSPS) is 17.1. The minimum atomic E-state index is -0.398. The van der Waals surface area contributed by atoms with Crippen molar-refractivity contribution in [1.29, 1.82) is 0 Å². The molecule has 21 heavy (non-hydrogen) atoms. The van der Waals surface area contributed by atoms with Crippen molar-refractivity contribution in [3.05, 3.63) is 44.1 Å². The molecular formula is C14H16N4O2S. The van der Waals surface area contributed by atoms with Gasteiger partial charge in [0.05, 0.1) is 23.1 Å². The molecule has 0 saturated heterocycles. The number of aryl methyl sites for hydroxylation is 1. The van der Waals surface area contributed by atoms with Crippen molar-refractivity contribution in [2.75, 3.05) is 17.7 Å². The topological polar surface area (TPSA) is 80.1 Å². The average molecular weight is 304 g/mol. The lowest BCUT2D eigenvalue weighted by molar-refractivity contribution is -0.384. The summed E-state index contributed by atoms with van der Waals surface area (Å²) in [6, 6.07) is 5.23. The van der Waals surface area contributed by atoms with Crippen molar-refractivity contribution in [2.45, 2.75) is 25.3 Å². The van der Waals surface area contributed by atoms with Gasteiger partial charge in [0.25, 0.3) is 5.69 Å². The second-order valence-electron chi connectivity index (χ2n) is 4.99. The van der Waals surface area contributed by atoms with Gasteiger partial charge in [-0.3, -0.25) is 10.1 Å². The summed E-state index contributed by atoms with van der Waals surface area (Å²) in [7, 11) is 1.70. The van der Waals surface area contributed by atoms with Crippen LogP contribution >= 0.6 is 11.3 Å². The van der Waals surface area contributed by atoms with Crippen molar-refractivity contribution in [3.8, 4) is 0 Å². The Labute approximate surface area is 126 Å². The van der Waals surface area contributed by atoms with E-state index in [9.17, 15) is 10.1 Å². The number of rotatable bonds is 4. The fraction of sp³-hybridized carbons (Fsp3) is 0.357. The van der Waals surface area contributed by atoms with Crippen LogP contribution in [-0.4, -0.2) is 17.0 Å². The van der Waals surface area contributed by atoms with Crippen LogP contribution in [0.5, 0.6) is 0 Å². The van der Waals surface area contributed by atoms with Gasteiger partial charge in [0, 0.05) is 11.9 Å². The first-order chi connectivity index (χ1) is 10.2. The molecule has 2 aromatic rings. The second kappa shape index (κ2) is 5.69. The quantitative estimate of drug-likeness (QED) is 0.666. The Morgan fingerprint density at radius 3 is 3.00 bits per heavy atom. The smallest absolute Gasteiger partial charge is 0.276 e. The van der Waals surface area contributed by atoms with Crippen LogP contribution in [0, 0.1) is 10.1 Å². The van der Waals surface area contributed by atoms with E-state index in [1.807, 2.05) is 0 Å². The fourth-order valence-electron chi connectivity index (χ4n) is 2.64. The van der Waals surface area contributed by atoms with E-state index in [0.717, 1.165) is 19.3 Å². The zero-order valence-corrected chi connectivity index (χ0v) is 12.4. The second-order valence-corrected chi connectivity index (χ2v) is 5.99. The molecule has 0 amide bonds. The summed E-state index contributed by atoms with van der Waals surface area (Å²) >= 11 is 1.77. The third-order valence-corrected chi connectivity index (χ3v) is 4.65. The summed E-state index contributed by atoms with van der Waals surface area (Å²) in [5.74, 6) is 1.03. The molecule has 0 aromatic carbocycles. The van der Waals surface area contributed by atoms with E-state index in [0.29, 0.717) is 11.6 Å². The van der Waals surface area contributed by atoms with E-state index in [-0.39, 0.29) is 11.7 Å². The molecule has 0 radical (unpaired) electrons. The lowest BCUT2D eigenvalue weighted by Crippen LogP contribution is -2.16. The van der Waals surface area contributed by atoms with Crippen LogP contribution in [0.3, 0.4) is 0 Å². The van der Waals surface area contributed by atoms with E-state index in [1.165, 1.54) is 22.6 Å². The minimum absolute atomic E-state index is 0.0400. The number of thiophene rings is 1. The van der Waals surface area contributed by atoms with Gasteiger partial charge in [-0.15, -0.1) is 11.3 Å².